The van der Waals surface area contributed by atoms with Gasteiger partial charge in [-0.15, -0.1) is 0 Å². The molecule has 0 spiro atoms. The van der Waals surface area contributed by atoms with Crippen LogP contribution in [0, 0.1) is 0 Å². The zero-order chi connectivity index (χ0) is 55.0. The first-order chi connectivity index (χ1) is 37.5. The summed E-state index contributed by atoms with van der Waals surface area (Å²) in [7, 11) is 0. The summed E-state index contributed by atoms with van der Waals surface area (Å²) in [6, 6.07) is 0. The molecule has 0 aliphatic heterocycles. The maximum absolute atomic E-state index is 12.9. The van der Waals surface area contributed by atoms with Gasteiger partial charge in [0, 0.05) is 19.3 Å². The van der Waals surface area contributed by atoms with Crippen LogP contribution < -0.4 is 0 Å². The average molecular weight is 1060 g/mol. The molecule has 0 bridgehead atoms. The van der Waals surface area contributed by atoms with Gasteiger partial charge >= 0.3 is 17.9 Å². The van der Waals surface area contributed by atoms with Gasteiger partial charge in [-0.05, 0) is 103 Å². The molecule has 6 heteroatoms. The van der Waals surface area contributed by atoms with E-state index in [1.165, 1.54) is 154 Å². The van der Waals surface area contributed by atoms with E-state index in [-0.39, 0.29) is 37.5 Å². The normalized spacial score (nSPS) is 12.8. The lowest BCUT2D eigenvalue weighted by Gasteiger charge is -2.18. The fourth-order valence-corrected chi connectivity index (χ4v) is 8.76. The lowest BCUT2D eigenvalue weighted by molar-refractivity contribution is -0.167. The first-order valence-electron chi connectivity index (χ1n) is 31.9. The monoisotopic (exact) mass is 1050 g/mol. The van der Waals surface area contributed by atoms with Gasteiger partial charge in [-0.1, -0.05) is 284 Å². The van der Waals surface area contributed by atoms with Crippen LogP contribution in [0.3, 0.4) is 0 Å². The van der Waals surface area contributed by atoms with E-state index in [0.717, 1.165) is 96.3 Å². The molecule has 434 valence electrons. The molecule has 0 amide bonds. The number of hydrogen-bond donors (Lipinski definition) is 0. The van der Waals surface area contributed by atoms with Crippen molar-refractivity contribution in [2.45, 2.75) is 303 Å². The molecule has 0 aliphatic carbocycles. The van der Waals surface area contributed by atoms with Crippen LogP contribution >= 0.6 is 0 Å². The van der Waals surface area contributed by atoms with Crippen molar-refractivity contribution in [3.05, 3.63) is 109 Å². The van der Waals surface area contributed by atoms with E-state index in [2.05, 4.69) is 130 Å². The van der Waals surface area contributed by atoms with E-state index in [4.69, 9.17) is 14.2 Å². The van der Waals surface area contributed by atoms with Crippen molar-refractivity contribution in [1.29, 1.82) is 0 Å². The molecule has 0 rings (SSSR count). The topological polar surface area (TPSA) is 78.9 Å². The summed E-state index contributed by atoms with van der Waals surface area (Å²) in [6.07, 6.45) is 86.6. The van der Waals surface area contributed by atoms with Crippen molar-refractivity contribution in [2.75, 3.05) is 13.2 Å². The fourth-order valence-electron chi connectivity index (χ4n) is 8.76. The van der Waals surface area contributed by atoms with E-state index < -0.39 is 6.10 Å². The smallest absolute Gasteiger partial charge is 0.306 e. The highest BCUT2D eigenvalue weighted by atomic mass is 16.6. The number of rotatable bonds is 57. The van der Waals surface area contributed by atoms with Crippen LogP contribution in [0.2, 0.25) is 0 Å². The van der Waals surface area contributed by atoms with Crippen molar-refractivity contribution in [2.24, 2.45) is 0 Å². The van der Waals surface area contributed by atoms with Gasteiger partial charge in [0.25, 0.3) is 0 Å². The average Bonchev–Trinajstić information content (AvgIpc) is 3.42. The molecule has 1 unspecified atom stereocenters. The number of carbonyl (C=O) groups is 3. The minimum absolute atomic E-state index is 0.0965. The molecule has 0 fully saturated rings. The standard InChI is InChI=1S/C70H118O6/c1-4-7-10-13-16-19-22-25-28-30-32-34-35-37-38-40-42-45-48-51-54-57-60-63-69(72)75-66-67(65-74-68(71)62-59-56-53-50-47-44-27-24-21-18-15-12-9-6-3)76-70(73)64-61-58-55-52-49-46-43-41-39-36-33-31-29-26-23-20-17-14-11-8-5-2/h7,10,16,19,23,25-26,28,31-34,37-38,42,45,51,54,67H,4-6,8-9,11-15,17-18,20-22,24,27,29-30,35-36,39-41,43-44,46-50,52-53,55-66H2,1-3H3/b10-7-,19-16-,26-23-,28-25-,33-31-,34-32-,38-37-,45-42-,54-51-. The minimum atomic E-state index is -0.805. The van der Waals surface area contributed by atoms with Gasteiger partial charge in [-0.25, -0.2) is 0 Å². The maximum Gasteiger partial charge on any atom is 0.306 e. The Morgan fingerprint density at radius 1 is 0.276 bits per heavy atom. The largest absolute Gasteiger partial charge is 0.462 e. The van der Waals surface area contributed by atoms with E-state index in [9.17, 15) is 14.4 Å². The Morgan fingerprint density at radius 2 is 0.526 bits per heavy atom. The molecule has 0 heterocycles. The lowest BCUT2D eigenvalue weighted by atomic mass is 10.0. The molecule has 0 saturated heterocycles. The number of unbranched alkanes of at least 4 members (excludes halogenated alkanes) is 28. The Hall–Kier alpha value is -3.93. The Kier molecular flexibility index (Phi) is 60.3. The summed E-state index contributed by atoms with van der Waals surface area (Å²) in [5.41, 5.74) is 0. The predicted molar refractivity (Wildman–Crippen MR) is 330 cm³/mol. The van der Waals surface area contributed by atoms with Crippen LogP contribution in [0.5, 0.6) is 0 Å². The summed E-state index contributed by atoms with van der Waals surface area (Å²) < 4.78 is 16.9. The van der Waals surface area contributed by atoms with Crippen LogP contribution in [-0.2, 0) is 28.6 Å². The molecule has 0 aromatic rings. The molecule has 0 radical (unpaired) electrons. The first kappa shape index (κ1) is 72.1. The number of ether oxygens (including phenoxy) is 3. The van der Waals surface area contributed by atoms with Gasteiger partial charge in [0.15, 0.2) is 6.10 Å². The summed E-state index contributed by atoms with van der Waals surface area (Å²) in [4.78, 5) is 38.3. The highest BCUT2D eigenvalue weighted by Gasteiger charge is 2.19. The Labute approximate surface area is 470 Å². The SMILES string of the molecule is CC/C=C\C/C=C\C/C=C\C/C=C\C/C=C\C/C=C\C/C=C\CCCC(=O)OCC(COC(=O)CCCCCCCCCCCCCCCC)OC(=O)CCCCCCCCCCC/C=C\C/C=C\CCCCCCC. The van der Waals surface area contributed by atoms with Crippen molar-refractivity contribution in [1.82, 2.24) is 0 Å². The zero-order valence-electron chi connectivity index (χ0n) is 49.7. The quantitative estimate of drug-likeness (QED) is 0.0261. The summed E-state index contributed by atoms with van der Waals surface area (Å²) in [5.74, 6) is -0.955. The van der Waals surface area contributed by atoms with Gasteiger partial charge in [0.2, 0.25) is 0 Å². The van der Waals surface area contributed by atoms with E-state index >= 15 is 0 Å². The second-order valence-electron chi connectivity index (χ2n) is 20.9. The summed E-state index contributed by atoms with van der Waals surface area (Å²) in [5, 5.41) is 0. The Bertz CT molecular complexity index is 1540. The van der Waals surface area contributed by atoms with Gasteiger partial charge in [-0.2, -0.15) is 0 Å². The molecule has 0 aliphatic rings. The second kappa shape index (κ2) is 63.6. The molecule has 0 aromatic carbocycles. The lowest BCUT2D eigenvalue weighted by Crippen LogP contribution is -2.30. The molecular weight excluding hydrogens is 937 g/mol. The molecule has 0 N–H and O–H groups in total. The molecule has 0 saturated carbocycles. The van der Waals surface area contributed by atoms with Crippen molar-refractivity contribution >= 4 is 17.9 Å². The number of allylic oxidation sites excluding steroid dienone is 18. The second-order valence-corrected chi connectivity index (χ2v) is 20.9. The van der Waals surface area contributed by atoms with Crippen molar-refractivity contribution < 1.29 is 28.6 Å². The van der Waals surface area contributed by atoms with Gasteiger partial charge in [-0.3, -0.25) is 14.4 Å². The third-order valence-corrected chi connectivity index (χ3v) is 13.5. The summed E-state index contributed by atoms with van der Waals surface area (Å²) >= 11 is 0. The van der Waals surface area contributed by atoms with Crippen LogP contribution in [0.15, 0.2) is 109 Å². The molecular formula is C70H118O6. The van der Waals surface area contributed by atoms with E-state index in [1.807, 2.05) is 0 Å². The van der Waals surface area contributed by atoms with E-state index in [1.54, 1.807) is 0 Å². The third-order valence-electron chi connectivity index (χ3n) is 13.5. The Morgan fingerprint density at radius 3 is 0.855 bits per heavy atom. The number of esters is 3. The highest BCUT2D eigenvalue weighted by Crippen LogP contribution is 2.16. The molecule has 76 heavy (non-hydrogen) atoms. The Balaban J connectivity index is 4.46. The minimum Gasteiger partial charge on any atom is -0.462 e. The zero-order valence-corrected chi connectivity index (χ0v) is 49.7. The molecule has 1 atom stereocenters. The summed E-state index contributed by atoms with van der Waals surface area (Å²) in [6.45, 7) is 6.49. The van der Waals surface area contributed by atoms with Crippen LogP contribution in [-0.4, -0.2) is 37.2 Å². The van der Waals surface area contributed by atoms with Gasteiger partial charge < -0.3 is 14.2 Å². The predicted octanol–water partition coefficient (Wildman–Crippen LogP) is 21.8. The van der Waals surface area contributed by atoms with Gasteiger partial charge in [0.05, 0.1) is 0 Å². The molecule has 6 nitrogen and oxygen atoms in total. The maximum atomic E-state index is 12.9. The van der Waals surface area contributed by atoms with Crippen molar-refractivity contribution in [3.8, 4) is 0 Å². The number of hydrogen-bond acceptors (Lipinski definition) is 6. The van der Waals surface area contributed by atoms with Crippen LogP contribution in [0.1, 0.15) is 297 Å². The third kappa shape index (κ3) is 60.9. The van der Waals surface area contributed by atoms with E-state index in [0.29, 0.717) is 19.3 Å². The highest BCUT2D eigenvalue weighted by molar-refractivity contribution is 5.71. The molecule has 0 aromatic heterocycles. The van der Waals surface area contributed by atoms with Crippen LogP contribution in [0.4, 0.5) is 0 Å². The van der Waals surface area contributed by atoms with Gasteiger partial charge in [0.1, 0.15) is 13.2 Å². The van der Waals surface area contributed by atoms with Crippen LogP contribution in [0.25, 0.3) is 0 Å². The first-order valence-corrected chi connectivity index (χ1v) is 31.9. The fraction of sp³-hybridized carbons (Fsp3) is 0.700. The number of carbonyl (C=O) groups excluding carboxylic acids is 3. The van der Waals surface area contributed by atoms with Crippen molar-refractivity contribution in [3.63, 3.8) is 0 Å².